The average Bonchev–Trinajstić information content (AvgIpc) is 3.39. The average molecular weight is 1110 g/mol. The third kappa shape index (κ3) is 62.4. The maximum absolute atomic E-state index is 13.0. The Bertz CT molecular complexity index is 1300. The van der Waals surface area contributed by atoms with E-state index in [-0.39, 0.29) is 19.1 Å². The van der Waals surface area contributed by atoms with Crippen molar-refractivity contribution in [2.24, 2.45) is 0 Å². The normalized spacial score (nSPS) is 13.8. The van der Waals surface area contributed by atoms with Crippen LogP contribution in [0, 0.1) is 0 Å². The van der Waals surface area contributed by atoms with Crippen molar-refractivity contribution < 1.29 is 32.9 Å². The van der Waals surface area contributed by atoms with Crippen LogP contribution >= 0.6 is 7.82 Å². The Morgan fingerprint density at radius 2 is 0.701 bits per heavy atom. The molecule has 0 aliphatic rings. The van der Waals surface area contributed by atoms with Gasteiger partial charge < -0.3 is 19.8 Å². The Morgan fingerprint density at radius 1 is 0.429 bits per heavy atom. The Hall–Kier alpha value is -1.02. The summed E-state index contributed by atoms with van der Waals surface area (Å²) < 4.78 is 23.8. The molecular formula is C68H136N2O6P+. The van der Waals surface area contributed by atoms with Gasteiger partial charge in [-0.1, -0.05) is 327 Å². The van der Waals surface area contributed by atoms with Crippen molar-refractivity contribution in [3.05, 3.63) is 24.3 Å². The Morgan fingerprint density at radius 3 is 1.00 bits per heavy atom. The van der Waals surface area contributed by atoms with Crippen LogP contribution in [0.2, 0.25) is 0 Å². The molecule has 3 atom stereocenters. The number of hydrogen-bond donors (Lipinski definition) is 3. The quantitative estimate of drug-likeness (QED) is 0.0243. The fourth-order valence-electron chi connectivity index (χ4n) is 10.6. The molecule has 9 heteroatoms. The Labute approximate surface area is 481 Å². The predicted molar refractivity (Wildman–Crippen MR) is 337 cm³/mol. The topological polar surface area (TPSA) is 105 Å². The van der Waals surface area contributed by atoms with Gasteiger partial charge in [-0.2, -0.15) is 0 Å². The molecule has 0 spiro atoms. The van der Waals surface area contributed by atoms with Crippen LogP contribution in [-0.4, -0.2) is 73.4 Å². The first-order valence-electron chi connectivity index (χ1n) is 34.2. The zero-order chi connectivity index (χ0) is 56.3. The molecule has 0 aromatic rings. The molecule has 0 aliphatic heterocycles. The molecule has 0 radical (unpaired) electrons. The second-order valence-corrected chi connectivity index (χ2v) is 26.4. The lowest BCUT2D eigenvalue weighted by Crippen LogP contribution is -2.45. The van der Waals surface area contributed by atoms with Crippen LogP contribution in [0.5, 0.6) is 0 Å². The summed E-state index contributed by atoms with van der Waals surface area (Å²) in [6, 6.07) is -0.845. The summed E-state index contributed by atoms with van der Waals surface area (Å²) in [5.74, 6) is -0.169. The van der Waals surface area contributed by atoms with Crippen LogP contribution in [0.1, 0.15) is 354 Å². The van der Waals surface area contributed by atoms with Gasteiger partial charge in [0.05, 0.1) is 39.9 Å². The van der Waals surface area contributed by atoms with Crippen molar-refractivity contribution in [1.82, 2.24) is 5.32 Å². The number of unbranched alkanes of at least 4 members (excludes halogenated alkanes) is 49. The summed E-state index contributed by atoms with van der Waals surface area (Å²) in [5.41, 5.74) is 0. The fraction of sp³-hybridized carbons (Fsp3) is 0.926. The minimum atomic E-state index is -4.35. The highest BCUT2D eigenvalue weighted by atomic mass is 31.2. The standard InChI is InChI=1S/C68H135N2O6P/c1-6-8-10-12-14-16-18-20-22-24-26-28-30-31-32-33-34-35-36-37-38-39-40-42-44-46-48-50-52-54-56-58-60-62-68(72)69-66(65-76-77(73,74)75-64-63-70(3,4)5)67(71)61-59-57-55-53-51-49-47-45-43-41-29-27-25-23-21-19-17-15-13-11-9-7-2/h31-32,59,61,66-67,71H,6-30,33-58,60,62-65H2,1-5H3,(H-,69,72,73,74)/p+1/b32-31-,61-59+. The number of amides is 1. The van der Waals surface area contributed by atoms with E-state index < -0.39 is 20.0 Å². The minimum Gasteiger partial charge on any atom is -0.387 e. The van der Waals surface area contributed by atoms with E-state index in [4.69, 9.17) is 9.05 Å². The summed E-state index contributed by atoms with van der Waals surface area (Å²) in [7, 11) is 1.59. The molecule has 0 heterocycles. The van der Waals surface area contributed by atoms with Crippen molar-refractivity contribution in [1.29, 1.82) is 0 Å². The number of hydrogen-bond acceptors (Lipinski definition) is 5. The van der Waals surface area contributed by atoms with Crippen molar-refractivity contribution in [3.63, 3.8) is 0 Å². The van der Waals surface area contributed by atoms with Gasteiger partial charge in [0.25, 0.3) is 0 Å². The lowest BCUT2D eigenvalue weighted by Gasteiger charge is -2.25. The van der Waals surface area contributed by atoms with Gasteiger partial charge >= 0.3 is 7.82 Å². The van der Waals surface area contributed by atoms with E-state index in [1.165, 1.54) is 302 Å². The summed E-state index contributed by atoms with van der Waals surface area (Å²) in [5, 5.41) is 14.0. The molecule has 8 nitrogen and oxygen atoms in total. The van der Waals surface area contributed by atoms with Crippen LogP contribution in [0.15, 0.2) is 24.3 Å². The van der Waals surface area contributed by atoms with E-state index >= 15 is 0 Å². The highest BCUT2D eigenvalue weighted by Crippen LogP contribution is 2.43. The molecule has 0 saturated carbocycles. The van der Waals surface area contributed by atoms with E-state index in [0.29, 0.717) is 17.4 Å². The van der Waals surface area contributed by atoms with Gasteiger partial charge in [-0.25, -0.2) is 4.57 Å². The van der Waals surface area contributed by atoms with Gasteiger partial charge in [0.15, 0.2) is 0 Å². The molecule has 1 amide bonds. The fourth-order valence-corrected chi connectivity index (χ4v) is 11.3. The first kappa shape index (κ1) is 76.0. The molecule has 0 aromatic carbocycles. The third-order valence-electron chi connectivity index (χ3n) is 15.9. The number of allylic oxidation sites excluding steroid dienone is 3. The number of rotatable bonds is 64. The Kier molecular flexibility index (Phi) is 58.8. The number of carbonyl (C=O) groups excluding carboxylic acids is 1. The lowest BCUT2D eigenvalue weighted by molar-refractivity contribution is -0.870. The molecule has 0 bridgehead atoms. The van der Waals surface area contributed by atoms with E-state index in [2.05, 4.69) is 31.3 Å². The summed E-state index contributed by atoms with van der Waals surface area (Å²) in [6.45, 7) is 4.88. The summed E-state index contributed by atoms with van der Waals surface area (Å²) in [6.07, 6.45) is 77.5. The van der Waals surface area contributed by atoms with Crippen molar-refractivity contribution >= 4 is 13.7 Å². The maximum Gasteiger partial charge on any atom is 0.472 e. The highest BCUT2D eigenvalue weighted by molar-refractivity contribution is 7.47. The zero-order valence-corrected chi connectivity index (χ0v) is 53.4. The molecule has 0 aliphatic carbocycles. The van der Waals surface area contributed by atoms with Crippen LogP contribution in [0.25, 0.3) is 0 Å². The number of aliphatic hydroxyl groups is 1. The lowest BCUT2D eigenvalue weighted by atomic mass is 10.0. The van der Waals surface area contributed by atoms with Crippen LogP contribution in [-0.2, 0) is 18.4 Å². The first-order chi connectivity index (χ1) is 37.5. The minimum absolute atomic E-state index is 0.0642. The highest BCUT2D eigenvalue weighted by Gasteiger charge is 2.28. The second kappa shape index (κ2) is 59.6. The van der Waals surface area contributed by atoms with E-state index in [1.54, 1.807) is 6.08 Å². The van der Waals surface area contributed by atoms with E-state index in [9.17, 15) is 19.4 Å². The van der Waals surface area contributed by atoms with Crippen molar-refractivity contribution in [2.45, 2.75) is 366 Å². The van der Waals surface area contributed by atoms with Gasteiger partial charge in [0.2, 0.25) is 5.91 Å². The molecule has 0 fully saturated rings. The molecule has 0 rings (SSSR count). The molecule has 3 unspecified atom stereocenters. The number of phosphoric ester groups is 1. The first-order valence-corrected chi connectivity index (χ1v) is 35.7. The molecular weight excluding hydrogens is 972 g/mol. The largest absolute Gasteiger partial charge is 0.472 e. The number of likely N-dealkylation sites (N-methyl/N-ethyl adjacent to an activating group) is 1. The van der Waals surface area contributed by atoms with Crippen LogP contribution < -0.4 is 5.32 Å². The van der Waals surface area contributed by atoms with E-state index in [1.807, 2.05) is 27.2 Å². The second-order valence-electron chi connectivity index (χ2n) is 24.9. The maximum atomic E-state index is 13.0. The molecule has 3 N–H and O–H groups in total. The van der Waals surface area contributed by atoms with Gasteiger partial charge in [-0.3, -0.25) is 13.8 Å². The van der Waals surface area contributed by atoms with Crippen LogP contribution in [0.3, 0.4) is 0 Å². The molecule has 0 aromatic heterocycles. The molecule has 77 heavy (non-hydrogen) atoms. The van der Waals surface area contributed by atoms with Crippen molar-refractivity contribution in [2.75, 3.05) is 40.9 Å². The number of phosphoric acid groups is 1. The van der Waals surface area contributed by atoms with Gasteiger partial charge in [0, 0.05) is 6.42 Å². The predicted octanol–water partition coefficient (Wildman–Crippen LogP) is 21.5. The van der Waals surface area contributed by atoms with Gasteiger partial charge in [0.1, 0.15) is 13.2 Å². The van der Waals surface area contributed by atoms with Gasteiger partial charge in [-0.05, 0) is 44.9 Å². The van der Waals surface area contributed by atoms with Crippen molar-refractivity contribution in [3.8, 4) is 0 Å². The summed E-state index contributed by atoms with van der Waals surface area (Å²) >= 11 is 0. The summed E-state index contributed by atoms with van der Waals surface area (Å²) in [4.78, 5) is 23.4. The number of carbonyl (C=O) groups is 1. The van der Waals surface area contributed by atoms with E-state index in [0.717, 1.165) is 32.1 Å². The Balaban J connectivity index is 4.02. The number of nitrogens with one attached hydrogen (secondary N) is 1. The monoisotopic (exact) mass is 1110 g/mol. The number of quaternary nitrogens is 1. The SMILES string of the molecule is CCCCCCCCCCCCCC/C=C\CCCCCCCCCCCCCCCCCCCC(=O)NC(COP(=O)(O)OCC[N+](C)(C)C)C(O)/C=C/CCCCCCCCCCCCCCCCCCCCCC. The smallest absolute Gasteiger partial charge is 0.387 e. The zero-order valence-electron chi connectivity index (χ0n) is 52.5. The number of nitrogens with zero attached hydrogens (tertiary/aromatic N) is 1. The molecule has 458 valence electrons. The number of aliphatic hydroxyl groups excluding tert-OH is 1. The van der Waals surface area contributed by atoms with Gasteiger partial charge in [-0.15, -0.1) is 0 Å². The third-order valence-corrected chi connectivity index (χ3v) is 16.9. The van der Waals surface area contributed by atoms with Crippen LogP contribution in [0.4, 0.5) is 0 Å². The molecule has 0 saturated heterocycles.